The number of halogens is 1. The SMILES string of the molecule is C=CCNC(=O)CN1CC[C@@H](c2ccccc2Cl)C1. The van der Waals surface area contributed by atoms with Gasteiger partial charge in [-0.3, -0.25) is 9.69 Å². The number of benzene rings is 1. The summed E-state index contributed by atoms with van der Waals surface area (Å²) in [6.07, 6.45) is 2.74. The van der Waals surface area contributed by atoms with E-state index < -0.39 is 0 Å². The zero-order valence-corrected chi connectivity index (χ0v) is 11.7. The van der Waals surface area contributed by atoms with Crippen LogP contribution in [-0.2, 0) is 4.79 Å². The molecule has 0 saturated carbocycles. The van der Waals surface area contributed by atoms with Crippen LogP contribution in [0, 0.1) is 0 Å². The van der Waals surface area contributed by atoms with Crippen molar-refractivity contribution in [2.45, 2.75) is 12.3 Å². The van der Waals surface area contributed by atoms with Gasteiger partial charge in [0.15, 0.2) is 0 Å². The van der Waals surface area contributed by atoms with Crippen LogP contribution in [0.2, 0.25) is 5.02 Å². The Morgan fingerprint density at radius 2 is 2.32 bits per heavy atom. The van der Waals surface area contributed by atoms with Crippen LogP contribution >= 0.6 is 11.6 Å². The van der Waals surface area contributed by atoms with Crippen LogP contribution < -0.4 is 5.32 Å². The van der Waals surface area contributed by atoms with E-state index >= 15 is 0 Å². The summed E-state index contributed by atoms with van der Waals surface area (Å²) in [4.78, 5) is 13.8. The molecule has 19 heavy (non-hydrogen) atoms. The highest BCUT2D eigenvalue weighted by Crippen LogP contribution is 2.31. The minimum atomic E-state index is 0.0553. The number of nitrogens with one attached hydrogen (secondary N) is 1. The topological polar surface area (TPSA) is 32.3 Å². The zero-order chi connectivity index (χ0) is 13.7. The summed E-state index contributed by atoms with van der Waals surface area (Å²) in [6.45, 7) is 6.40. The molecule has 3 nitrogen and oxygen atoms in total. The second kappa shape index (κ2) is 6.73. The lowest BCUT2D eigenvalue weighted by Crippen LogP contribution is -2.36. The highest BCUT2D eigenvalue weighted by molar-refractivity contribution is 6.31. The molecule has 1 fully saturated rings. The highest BCUT2D eigenvalue weighted by Gasteiger charge is 2.26. The van der Waals surface area contributed by atoms with Gasteiger partial charge in [0.2, 0.25) is 5.91 Å². The van der Waals surface area contributed by atoms with Crippen molar-refractivity contribution in [3.63, 3.8) is 0 Å². The van der Waals surface area contributed by atoms with Gasteiger partial charge in [0.25, 0.3) is 0 Å². The molecule has 1 N–H and O–H groups in total. The largest absolute Gasteiger partial charge is 0.352 e. The Labute approximate surface area is 119 Å². The molecule has 1 aliphatic rings. The molecule has 1 heterocycles. The number of likely N-dealkylation sites (tertiary alicyclic amines) is 1. The first-order valence-corrected chi connectivity index (χ1v) is 6.93. The van der Waals surface area contributed by atoms with Crippen LogP contribution in [0.3, 0.4) is 0 Å². The monoisotopic (exact) mass is 278 g/mol. The van der Waals surface area contributed by atoms with E-state index in [2.05, 4.69) is 22.9 Å². The molecular formula is C15H19ClN2O. The molecule has 1 saturated heterocycles. The van der Waals surface area contributed by atoms with E-state index in [0.717, 1.165) is 24.5 Å². The molecule has 4 heteroatoms. The summed E-state index contributed by atoms with van der Waals surface area (Å²) in [5.74, 6) is 0.487. The normalized spacial score (nSPS) is 19.3. The van der Waals surface area contributed by atoms with E-state index in [1.165, 1.54) is 5.56 Å². The van der Waals surface area contributed by atoms with Crippen LogP contribution in [0.4, 0.5) is 0 Å². The van der Waals surface area contributed by atoms with Crippen molar-refractivity contribution >= 4 is 17.5 Å². The number of rotatable bonds is 5. The first-order valence-electron chi connectivity index (χ1n) is 6.55. The van der Waals surface area contributed by atoms with Crippen LogP contribution in [0.1, 0.15) is 17.9 Å². The number of hydrogen-bond donors (Lipinski definition) is 1. The fourth-order valence-electron chi connectivity index (χ4n) is 2.48. The summed E-state index contributed by atoms with van der Waals surface area (Å²) in [7, 11) is 0. The van der Waals surface area contributed by atoms with Gasteiger partial charge in [-0.1, -0.05) is 35.9 Å². The van der Waals surface area contributed by atoms with Crippen molar-refractivity contribution in [2.75, 3.05) is 26.2 Å². The Hall–Kier alpha value is -1.32. The molecule has 0 aromatic heterocycles. The molecule has 102 valence electrons. The maximum atomic E-state index is 11.6. The maximum absolute atomic E-state index is 11.6. The first kappa shape index (κ1) is 14.1. The predicted molar refractivity (Wildman–Crippen MR) is 78.5 cm³/mol. The molecule has 2 rings (SSSR count). The lowest BCUT2D eigenvalue weighted by Gasteiger charge is -2.16. The average molecular weight is 279 g/mol. The zero-order valence-electron chi connectivity index (χ0n) is 10.9. The van der Waals surface area contributed by atoms with Crippen molar-refractivity contribution in [3.05, 3.63) is 47.5 Å². The predicted octanol–water partition coefficient (Wildman–Crippen LogP) is 2.43. The molecule has 0 unspecified atom stereocenters. The van der Waals surface area contributed by atoms with Crippen molar-refractivity contribution in [2.24, 2.45) is 0 Å². The van der Waals surface area contributed by atoms with Gasteiger partial charge in [-0.25, -0.2) is 0 Å². The molecule has 1 aromatic carbocycles. The molecule has 0 aliphatic carbocycles. The minimum absolute atomic E-state index is 0.0553. The number of amides is 1. The van der Waals surface area contributed by atoms with Crippen LogP contribution in [0.25, 0.3) is 0 Å². The minimum Gasteiger partial charge on any atom is -0.352 e. The van der Waals surface area contributed by atoms with E-state index in [0.29, 0.717) is 19.0 Å². The molecular weight excluding hydrogens is 260 g/mol. The summed E-state index contributed by atoms with van der Waals surface area (Å²) in [6, 6.07) is 7.96. The van der Waals surface area contributed by atoms with Gasteiger partial charge in [0, 0.05) is 18.1 Å². The Balaban J connectivity index is 1.88. The summed E-state index contributed by atoms with van der Waals surface area (Å²) >= 11 is 6.22. The standard InChI is InChI=1S/C15H19ClN2O/c1-2-8-17-15(19)11-18-9-7-12(10-18)13-5-3-4-6-14(13)16/h2-6,12H,1,7-11H2,(H,17,19)/t12-/m1/s1. The number of hydrogen-bond acceptors (Lipinski definition) is 2. The molecule has 0 radical (unpaired) electrons. The van der Waals surface area contributed by atoms with E-state index in [9.17, 15) is 4.79 Å². The third-order valence-corrected chi connectivity index (χ3v) is 3.77. The molecule has 1 aliphatic heterocycles. The van der Waals surface area contributed by atoms with Gasteiger partial charge in [-0.2, -0.15) is 0 Å². The maximum Gasteiger partial charge on any atom is 0.234 e. The van der Waals surface area contributed by atoms with E-state index in [1.54, 1.807) is 6.08 Å². The molecule has 1 atom stereocenters. The van der Waals surface area contributed by atoms with Crippen molar-refractivity contribution in [1.82, 2.24) is 10.2 Å². The fraction of sp³-hybridized carbons (Fsp3) is 0.400. The van der Waals surface area contributed by atoms with Crippen molar-refractivity contribution in [3.8, 4) is 0 Å². The third-order valence-electron chi connectivity index (χ3n) is 3.43. The molecule has 1 aromatic rings. The Bertz CT molecular complexity index is 461. The van der Waals surface area contributed by atoms with Crippen molar-refractivity contribution < 1.29 is 4.79 Å². The lowest BCUT2D eigenvalue weighted by atomic mass is 9.98. The van der Waals surface area contributed by atoms with Gasteiger partial charge in [0.05, 0.1) is 6.54 Å². The second-order valence-corrected chi connectivity index (χ2v) is 5.24. The van der Waals surface area contributed by atoms with Crippen LogP contribution in [-0.4, -0.2) is 37.0 Å². The van der Waals surface area contributed by atoms with Crippen molar-refractivity contribution in [1.29, 1.82) is 0 Å². The smallest absolute Gasteiger partial charge is 0.234 e. The van der Waals surface area contributed by atoms with E-state index in [1.807, 2.05) is 18.2 Å². The molecule has 0 bridgehead atoms. The Kier molecular flexibility index (Phi) is 5.00. The number of carbonyl (C=O) groups excluding carboxylic acids is 1. The van der Waals surface area contributed by atoms with Gasteiger partial charge >= 0.3 is 0 Å². The number of carbonyl (C=O) groups is 1. The van der Waals surface area contributed by atoms with E-state index in [-0.39, 0.29) is 5.91 Å². The lowest BCUT2D eigenvalue weighted by molar-refractivity contribution is -0.121. The summed E-state index contributed by atoms with van der Waals surface area (Å²) in [5.41, 5.74) is 1.19. The van der Waals surface area contributed by atoms with E-state index in [4.69, 9.17) is 11.6 Å². The van der Waals surface area contributed by atoms with Gasteiger partial charge in [-0.05, 0) is 30.5 Å². The average Bonchev–Trinajstić information content (AvgIpc) is 2.85. The Morgan fingerprint density at radius 3 is 3.05 bits per heavy atom. The van der Waals surface area contributed by atoms with Gasteiger partial charge < -0.3 is 5.32 Å². The second-order valence-electron chi connectivity index (χ2n) is 4.83. The third kappa shape index (κ3) is 3.82. The molecule has 0 spiro atoms. The van der Waals surface area contributed by atoms with Gasteiger partial charge in [0.1, 0.15) is 0 Å². The summed E-state index contributed by atoms with van der Waals surface area (Å²) < 4.78 is 0. The first-order chi connectivity index (χ1) is 9.20. The fourth-order valence-corrected chi connectivity index (χ4v) is 2.77. The van der Waals surface area contributed by atoms with Crippen LogP contribution in [0.5, 0.6) is 0 Å². The summed E-state index contributed by atoms with van der Waals surface area (Å²) in [5, 5.41) is 3.62. The van der Waals surface area contributed by atoms with Gasteiger partial charge in [-0.15, -0.1) is 6.58 Å². The van der Waals surface area contributed by atoms with Crippen LogP contribution in [0.15, 0.2) is 36.9 Å². The molecule has 1 amide bonds. The quantitative estimate of drug-likeness (QED) is 0.839. The Morgan fingerprint density at radius 1 is 1.53 bits per heavy atom. The number of nitrogens with zero attached hydrogens (tertiary/aromatic N) is 1. The highest BCUT2D eigenvalue weighted by atomic mass is 35.5.